The molecule has 0 fully saturated rings. The number of benzene rings is 2. The van der Waals surface area contributed by atoms with Crippen LogP contribution in [-0.2, 0) is 0 Å². The fourth-order valence-corrected chi connectivity index (χ4v) is 2.06. The van der Waals surface area contributed by atoms with Gasteiger partial charge in [0, 0.05) is 16.8 Å². The molecule has 0 aliphatic carbocycles. The lowest BCUT2D eigenvalue weighted by Crippen LogP contribution is -1.81. The van der Waals surface area contributed by atoms with Gasteiger partial charge in [-0.2, -0.15) is 0 Å². The highest BCUT2D eigenvalue weighted by Crippen LogP contribution is 2.33. The lowest BCUT2D eigenvalue weighted by atomic mass is 10.1. The van der Waals surface area contributed by atoms with Gasteiger partial charge in [0.2, 0.25) is 5.69 Å². The van der Waals surface area contributed by atoms with E-state index in [0.717, 1.165) is 16.6 Å². The van der Waals surface area contributed by atoms with Crippen LogP contribution in [0.5, 0.6) is 0 Å². The first-order chi connectivity index (χ1) is 8.79. The normalized spacial score (nSPS) is 10.4. The molecule has 0 aliphatic heterocycles. The third-order valence-electron chi connectivity index (χ3n) is 2.92. The van der Waals surface area contributed by atoms with E-state index in [-0.39, 0.29) is 5.69 Å². The predicted molar refractivity (Wildman–Crippen MR) is 70.0 cm³/mol. The van der Waals surface area contributed by atoms with E-state index in [1.807, 2.05) is 30.3 Å². The molecule has 0 spiro atoms. The second kappa shape index (κ2) is 4.01. The smallest absolute Gasteiger partial charge is 0.231 e. The Bertz CT molecular complexity index is 733. The highest BCUT2D eigenvalue weighted by molar-refractivity contribution is 5.89. The number of H-pyrrole nitrogens is 1. The Kier molecular flexibility index (Phi) is 2.35. The van der Waals surface area contributed by atoms with Crippen molar-refractivity contribution in [3.8, 4) is 11.3 Å². The number of fused-ring (bicyclic) bond motifs is 1. The van der Waals surface area contributed by atoms with Crippen LogP contribution in [0.4, 0.5) is 10.1 Å². The Morgan fingerprint density at radius 1 is 1.06 bits per heavy atom. The molecule has 0 bridgehead atoms. The Hall–Kier alpha value is -2.60. The van der Waals surface area contributed by atoms with Gasteiger partial charge in [0.1, 0.15) is 5.82 Å². The van der Waals surface area contributed by atoms with Crippen LogP contribution in [-0.4, -0.2) is 4.98 Å². The molecule has 0 radical (unpaired) electrons. The van der Waals surface area contributed by atoms with Gasteiger partial charge >= 0.3 is 0 Å². The van der Waals surface area contributed by atoms with Crippen molar-refractivity contribution < 1.29 is 4.39 Å². The zero-order valence-corrected chi connectivity index (χ0v) is 9.44. The monoisotopic (exact) mass is 236 g/mol. The summed E-state index contributed by atoms with van der Waals surface area (Å²) in [5.74, 6) is -0.485. The third kappa shape index (κ3) is 1.56. The zero-order valence-electron chi connectivity index (χ0n) is 9.44. The Balaban J connectivity index is 2.27. The van der Waals surface area contributed by atoms with Gasteiger partial charge in [-0.05, 0) is 23.6 Å². The number of hydrogen-bond acceptors (Lipinski definition) is 0. The van der Waals surface area contributed by atoms with Crippen LogP contribution < -0.4 is 0 Å². The summed E-state index contributed by atoms with van der Waals surface area (Å²) in [6, 6.07) is 14.4. The quantitative estimate of drug-likeness (QED) is 0.599. The molecule has 1 N–H and O–H groups in total. The van der Waals surface area contributed by atoms with Gasteiger partial charge in [-0.1, -0.05) is 30.3 Å². The first kappa shape index (κ1) is 10.5. The van der Waals surface area contributed by atoms with Gasteiger partial charge in [0.05, 0.1) is 6.57 Å². The number of para-hydroxylation sites is 2. The summed E-state index contributed by atoms with van der Waals surface area (Å²) in [6.07, 6.45) is 0. The molecule has 3 rings (SSSR count). The van der Waals surface area contributed by atoms with E-state index in [9.17, 15) is 4.39 Å². The van der Waals surface area contributed by atoms with Crippen molar-refractivity contribution in [3.63, 3.8) is 0 Å². The summed E-state index contributed by atoms with van der Waals surface area (Å²) in [4.78, 5) is 6.48. The lowest BCUT2D eigenvalue weighted by molar-refractivity contribution is 0.634. The number of rotatable bonds is 1. The first-order valence-electron chi connectivity index (χ1n) is 5.53. The zero-order chi connectivity index (χ0) is 12.5. The van der Waals surface area contributed by atoms with Crippen molar-refractivity contribution >= 4 is 16.6 Å². The maximum atomic E-state index is 13.6. The van der Waals surface area contributed by atoms with Crippen molar-refractivity contribution in [1.29, 1.82) is 0 Å². The maximum absolute atomic E-state index is 13.6. The molecular formula is C15H9FN2. The fraction of sp³-hybridized carbons (Fsp3) is 0. The topological polar surface area (TPSA) is 20.1 Å². The molecule has 86 valence electrons. The molecular weight excluding hydrogens is 227 g/mol. The molecule has 18 heavy (non-hydrogen) atoms. The second-order valence-corrected chi connectivity index (χ2v) is 4.02. The molecule has 2 nitrogen and oxygen atoms in total. The van der Waals surface area contributed by atoms with Crippen molar-refractivity contribution in [1.82, 2.24) is 4.98 Å². The van der Waals surface area contributed by atoms with Crippen LogP contribution in [0.1, 0.15) is 0 Å². The van der Waals surface area contributed by atoms with Crippen LogP contribution in [0.25, 0.3) is 27.0 Å². The Labute approximate surface area is 104 Å². The van der Waals surface area contributed by atoms with E-state index in [4.69, 9.17) is 6.57 Å². The second-order valence-electron chi connectivity index (χ2n) is 4.02. The van der Waals surface area contributed by atoms with Crippen molar-refractivity contribution in [2.75, 3.05) is 0 Å². The van der Waals surface area contributed by atoms with Crippen LogP contribution in [0.15, 0.2) is 48.5 Å². The lowest BCUT2D eigenvalue weighted by Gasteiger charge is -2.01. The minimum atomic E-state index is -0.485. The molecule has 0 aliphatic rings. The molecule has 0 saturated heterocycles. The summed E-state index contributed by atoms with van der Waals surface area (Å²) in [5.41, 5.74) is 2.40. The summed E-state index contributed by atoms with van der Waals surface area (Å²) in [7, 11) is 0. The number of nitrogens with one attached hydrogen (secondary N) is 1. The van der Waals surface area contributed by atoms with E-state index in [0.29, 0.717) is 5.56 Å². The highest BCUT2D eigenvalue weighted by atomic mass is 19.1. The van der Waals surface area contributed by atoms with Crippen molar-refractivity contribution in [2.24, 2.45) is 0 Å². The number of aromatic amines is 1. The van der Waals surface area contributed by atoms with E-state index in [1.54, 1.807) is 12.1 Å². The van der Waals surface area contributed by atoms with E-state index >= 15 is 0 Å². The van der Waals surface area contributed by atoms with Crippen LogP contribution >= 0.6 is 0 Å². The summed E-state index contributed by atoms with van der Waals surface area (Å²) in [5, 5.41) is 1.05. The Morgan fingerprint density at radius 2 is 1.89 bits per heavy atom. The van der Waals surface area contributed by atoms with E-state index in [2.05, 4.69) is 9.83 Å². The highest BCUT2D eigenvalue weighted by Gasteiger charge is 2.11. The van der Waals surface area contributed by atoms with Gasteiger partial charge in [0.25, 0.3) is 0 Å². The maximum Gasteiger partial charge on any atom is 0.231 e. The standard InChI is InChI=1S/C15H9FN2/c1-17-15-11(6-4-7-12(15)16)14-9-10-5-2-3-8-13(10)18-14/h2-9,18H. The molecule has 2 aromatic carbocycles. The molecule has 0 unspecified atom stereocenters. The van der Waals surface area contributed by atoms with Crippen LogP contribution in [0.2, 0.25) is 0 Å². The van der Waals surface area contributed by atoms with E-state index in [1.165, 1.54) is 6.07 Å². The van der Waals surface area contributed by atoms with Gasteiger partial charge in [-0.25, -0.2) is 9.24 Å². The number of halogens is 1. The average molecular weight is 236 g/mol. The average Bonchev–Trinajstić information content (AvgIpc) is 2.82. The Morgan fingerprint density at radius 3 is 2.67 bits per heavy atom. The number of aromatic nitrogens is 1. The van der Waals surface area contributed by atoms with Gasteiger partial charge in [-0.3, -0.25) is 0 Å². The molecule has 0 saturated carbocycles. The van der Waals surface area contributed by atoms with Crippen molar-refractivity contribution in [2.45, 2.75) is 0 Å². The molecule has 3 heteroatoms. The van der Waals surface area contributed by atoms with Crippen LogP contribution in [0.3, 0.4) is 0 Å². The van der Waals surface area contributed by atoms with Gasteiger partial charge in [-0.15, -0.1) is 0 Å². The molecule has 0 amide bonds. The summed E-state index contributed by atoms with van der Waals surface area (Å²) >= 11 is 0. The van der Waals surface area contributed by atoms with Gasteiger partial charge < -0.3 is 4.98 Å². The summed E-state index contributed by atoms with van der Waals surface area (Å²) < 4.78 is 13.6. The molecule has 1 heterocycles. The van der Waals surface area contributed by atoms with Crippen LogP contribution in [0, 0.1) is 12.4 Å². The molecule has 1 aromatic heterocycles. The summed E-state index contributed by atoms with van der Waals surface area (Å²) in [6.45, 7) is 7.08. The van der Waals surface area contributed by atoms with Gasteiger partial charge in [0.15, 0.2) is 0 Å². The SMILES string of the molecule is [C-]#[N+]c1c(F)cccc1-c1cc2ccccc2[nH]1. The number of hydrogen-bond donors (Lipinski definition) is 1. The first-order valence-corrected chi connectivity index (χ1v) is 5.53. The molecule has 0 atom stereocenters. The third-order valence-corrected chi connectivity index (χ3v) is 2.92. The predicted octanol–water partition coefficient (Wildman–Crippen LogP) is 4.52. The molecule has 3 aromatic rings. The fourth-order valence-electron chi connectivity index (χ4n) is 2.06. The minimum absolute atomic E-state index is 0.0593. The minimum Gasteiger partial charge on any atom is -0.356 e. The van der Waals surface area contributed by atoms with Crippen molar-refractivity contribution in [3.05, 3.63) is 65.8 Å². The largest absolute Gasteiger partial charge is 0.356 e. The number of nitrogens with zero attached hydrogens (tertiary/aromatic N) is 1. The van der Waals surface area contributed by atoms with E-state index < -0.39 is 5.82 Å².